The molecule has 8 heteroatoms. The Kier molecular flexibility index (Phi) is 4.44. The minimum absolute atomic E-state index is 0.153. The molecule has 0 aliphatic carbocycles. The molecule has 4 aromatic rings. The van der Waals surface area contributed by atoms with Crippen LogP contribution in [0.15, 0.2) is 42.6 Å². The average Bonchev–Trinajstić information content (AvgIpc) is 3.27. The van der Waals surface area contributed by atoms with Gasteiger partial charge in [0.1, 0.15) is 4.88 Å². The maximum absolute atomic E-state index is 13.2. The first-order chi connectivity index (χ1) is 12.6. The van der Waals surface area contributed by atoms with Crippen LogP contribution >= 0.6 is 22.9 Å². The number of hydrogen-bond acceptors (Lipinski definition) is 7. The summed E-state index contributed by atoms with van der Waals surface area (Å²) in [4.78, 5) is 24.5. The van der Waals surface area contributed by atoms with E-state index in [0.717, 1.165) is 33.0 Å². The van der Waals surface area contributed by atoms with E-state index in [4.69, 9.17) is 4.98 Å². The third-order valence-electron chi connectivity index (χ3n) is 3.98. The van der Waals surface area contributed by atoms with E-state index in [1.54, 1.807) is 18.0 Å². The molecule has 0 radical (unpaired) electrons. The Bertz CT molecular complexity index is 1070. The van der Waals surface area contributed by atoms with E-state index in [0.29, 0.717) is 22.2 Å². The number of thiazole rings is 1. The number of carbonyl (C=O) groups is 1. The molecular formula is C18H15N5OS2. The smallest absolute Gasteiger partial charge is 0.274 e. The highest BCUT2D eigenvalue weighted by Crippen LogP contribution is 2.32. The number of benzene rings is 1. The van der Waals surface area contributed by atoms with Crippen LogP contribution in [0.2, 0.25) is 0 Å². The number of rotatable bonds is 4. The molecule has 0 N–H and O–H groups in total. The number of pyridine rings is 1. The number of para-hydroxylation sites is 1. The number of aromatic nitrogens is 4. The van der Waals surface area contributed by atoms with Gasteiger partial charge in [-0.1, -0.05) is 34.0 Å². The molecule has 1 aromatic carbocycles. The number of nitrogens with zero attached hydrogens (tertiary/aromatic N) is 5. The number of carbonyl (C=O) groups excluding carboxylic acids is 1. The molecule has 0 atom stereocenters. The molecule has 26 heavy (non-hydrogen) atoms. The number of fused-ring (bicyclic) bond motifs is 1. The summed E-state index contributed by atoms with van der Waals surface area (Å²) in [5.41, 5.74) is 3.44. The van der Waals surface area contributed by atoms with Gasteiger partial charge in [0.25, 0.3) is 5.91 Å². The van der Waals surface area contributed by atoms with Crippen LogP contribution in [0.1, 0.15) is 26.6 Å². The van der Waals surface area contributed by atoms with Crippen molar-refractivity contribution >= 4 is 44.1 Å². The third-order valence-corrected chi connectivity index (χ3v) is 5.84. The third kappa shape index (κ3) is 3.09. The van der Waals surface area contributed by atoms with Crippen molar-refractivity contribution in [2.75, 3.05) is 4.90 Å². The van der Waals surface area contributed by atoms with E-state index >= 15 is 0 Å². The molecule has 0 spiro atoms. The minimum atomic E-state index is -0.153. The molecule has 0 fully saturated rings. The molecule has 1 amide bonds. The van der Waals surface area contributed by atoms with Crippen LogP contribution in [0.4, 0.5) is 5.13 Å². The van der Waals surface area contributed by atoms with Gasteiger partial charge >= 0.3 is 0 Å². The van der Waals surface area contributed by atoms with Crippen LogP contribution in [0, 0.1) is 13.8 Å². The fourth-order valence-corrected chi connectivity index (χ4v) is 4.27. The summed E-state index contributed by atoms with van der Waals surface area (Å²) in [6.45, 7) is 4.15. The molecule has 130 valence electrons. The second-order valence-electron chi connectivity index (χ2n) is 5.82. The van der Waals surface area contributed by atoms with Crippen LogP contribution in [0.25, 0.3) is 10.2 Å². The van der Waals surface area contributed by atoms with Gasteiger partial charge in [-0.3, -0.25) is 14.7 Å². The Morgan fingerprint density at radius 3 is 2.73 bits per heavy atom. The lowest BCUT2D eigenvalue weighted by Gasteiger charge is -2.18. The summed E-state index contributed by atoms with van der Waals surface area (Å²) < 4.78 is 4.95. The molecule has 3 aromatic heterocycles. The molecule has 0 unspecified atom stereocenters. The van der Waals surface area contributed by atoms with Crippen LogP contribution in [0.5, 0.6) is 0 Å². The highest BCUT2D eigenvalue weighted by atomic mass is 32.1. The first kappa shape index (κ1) is 16.7. The summed E-state index contributed by atoms with van der Waals surface area (Å²) >= 11 is 2.61. The lowest BCUT2D eigenvalue weighted by Crippen LogP contribution is -2.30. The Labute approximate surface area is 158 Å². The minimum Gasteiger partial charge on any atom is -0.277 e. The molecule has 0 aliphatic rings. The Balaban J connectivity index is 1.80. The number of amides is 1. The van der Waals surface area contributed by atoms with Gasteiger partial charge in [-0.2, -0.15) is 0 Å². The number of hydrogen-bond donors (Lipinski definition) is 0. The van der Waals surface area contributed by atoms with Gasteiger partial charge in [0, 0.05) is 6.20 Å². The van der Waals surface area contributed by atoms with Gasteiger partial charge in [-0.05, 0) is 49.1 Å². The van der Waals surface area contributed by atoms with E-state index in [2.05, 4.69) is 14.6 Å². The van der Waals surface area contributed by atoms with E-state index in [9.17, 15) is 4.79 Å². The predicted molar refractivity (Wildman–Crippen MR) is 104 cm³/mol. The zero-order chi connectivity index (χ0) is 18.1. The highest BCUT2D eigenvalue weighted by molar-refractivity contribution is 7.22. The molecule has 6 nitrogen and oxygen atoms in total. The second kappa shape index (κ2) is 6.89. The zero-order valence-electron chi connectivity index (χ0n) is 14.2. The zero-order valence-corrected chi connectivity index (χ0v) is 15.8. The van der Waals surface area contributed by atoms with Gasteiger partial charge < -0.3 is 0 Å². The van der Waals surface area contributed by atoms with E-state index < -0.39 is 0 Å². The van der Waals surface area contributed by atoms with Crippen molar-refractivity contribution in [3.05, 3.63) is 64.4 Å². The van der Waals surface area contributed by atoms with Gasteiger partial charge in [-0.25, -0.2) is 4.98 Å². The highest BCUT2D eigenvalue weighted by Gasteiger charge is 2.25. The van der Waals surface area contributed by atoms with Gasteiger partial charge in [0.2, 0.25) is 0 Å². The monoisotopic (exact) mass is 381 g/mol. The topological polar surface area (TPSA) is 71.9 Å². The summed E-state index contributed by atoms with van der Waals surface area (Å²) in [6, 6.07) is 11.7. The molecular weight excluding hydrogens is 366 g/mol. The van der Waals surface area contributed by atoms with E-state index in [1.165, 1.54) is 11.3 Å². The van der Waals surface area contributed by atoms with Crippen LogP contribution in [0.3, 0.4) is 0 Å². The predicted octanol–water partition coefficient (Wildman–Crippen LogP) is 4.01. The van der Waals surface area contributed by atoms with Crippen molar-refractivity contribution in [3.8, 4) is 0 Å². The van der Waals surface area contributed by atoms with Gasteiger partial charge in [0.15, 0.2) is 5.13 Å². The maximum Gasteiger partial charge on any atom is 0.274 e. The van der Waals surface area contributed by atoms with Gasteiger partial charge in [-0.15, -0.1) is 5.10 Å². The Hall–Kier alpha value is -2.71. The quantitative estimate of drug-likeness (QED) is 0.534. The van der Waals surface area contributed by atoms with Gasteiger partial charge in [0.05, 0.1) is 28.1 Å². The average molecular weight is 381 g/mol. The molecule has 3 heterocycles. The van der Waals surface area contributed by atoms with Crippen molar-refractivity contribution in [1.82, 2.24) is 19.6 Å². The van der Waals surface area contributed by atoms with Crippen molar-refractivity contribution in [2.24, 2.45) is 0 Å². The molecule has 0 aliphatic heterocycles. The fourth-order valence-electron chi connectivity index (χ4n) is 2.62. The van der Waals surface area contributed by atoms with Crippen molar-refractivity contribution in [1.29, 1.82) is 0 Å². The SMILES string of the molecule is Cc1nnsc1C(=O)N(Cc1ccccn1)c1nc2c(C)cccc2s1. The summed E-state index contributed by atoms with van der Waals surface area (Å²) in [6.07, 6.45) is 1.72. The Morgan fingerprint density at radius 2 is 2.04 bits per heavy atom. The first-order valence-electron chi connectivity index (χ1n) is 8.00. The molecule has 0 saturated heterocycles. The van der Waals surface area contributed by atoms with Crippen LogP contribution in [-0.2, 0) is 6.54 Å². The fraction of sp³-hybridized carbons (Fsp3) is 0.167. The van der Waals surface area contributed by atoms with Crippen molar-refractivity contribution < 1.29 is 4.79 Å². The molecule has 4 rings (SSSR count). The second-order valence-corrected chi connectivity index (χ2v) is 7.58. The normalized spacial score (nSPS) is 11.0. The number of aryl methyl sites for hydroxylation is 2. The molecule has 0 saturated carbocycles. The largest absolute Gasteiger partial charge is 0.277 e. The van der Waals surface area contributed by atoms with Crippen molar-refractivity contribution in [2.45, 2.75) is 20.4 Å². The standard InChI is InChI=1S/C18H15N5OS2/c1-11-6-5-8-14-15(11)20-18(25-14)23(10-13-7-3-4-9-19-13)17(24)16-12(2)21-22-26-16/h3-9H,10H2,1-2H3. The van der Waals surface area contributed by atoms with E-state index in [1.807, 2.05) is 43.3 Å². The summed E-state index contributed by atoms with van der Waals surface area (Å²) in [7, 11) is 0. The lowest BCUT2D eigenvalue weighted by molar-refractivity contribution is 0.0988. The summed E-state index contributed by atoms with van der Waals surface area (Å²) in [5, 5.41) is 4.62. The Morgan fingerprint density at radius 1 is 1.15 bits per heavy atom. The lowest BCUT2D eigenvalue weighted by atomic mass is 10.2. The first-order valence-corrected chi connectivity index (χ1v) is 9.59. The van der Waals surface area contributed by atoms with E-state index in [-0.39, 0.29) is 5.91 Å². The van der Waals surface area contributed by atoms with Crippen LogP contribution < -0.4 is 4.90 Å². The van der Waals surface area contributed by atoms with Crippen LogP contribution in [-0.4, -0.2) is 25.5 Å². The summed E-state index contributed by atoms with van der Waals surface area (Å²) in [5.74, 6) is -0.153. The maximum atomic E-state index is 13.2. The molecule has 0 bridgehead atoms. The number of anilines is 1. The van der Waals surface area contributed by atoms with Crippen molar-refractivity contribution in [3.63, 3.8) is 0 Å².